The van der Waals surface area contributed by atoms with Gasteiger partial charge in [0.15, 0.2) is 0 Å². The Labute approximate surface area is 197 Å². The van der Waals surface area contributed by atoms with E-state index in [1.165, 1.54) is 31.9 Å². The summed E-state index contributed by atoms with van der Waals surface area (Å²) in [5.74, 6) is 0.966. The molecule has 0 aromatic rings. The van der Waals surface area contributed by atoms with Crippen LogP contribution in [0.1, 0.15) is 86.5 Å². The Morgan fingerprint density at radius 3 is 2.27 bits per heavy atom. The summed E-state index contributed by atoms with van der Waals surface area (Å²) < 4.78 is 17.3. The average Bonchev–Trinajstić information content (AvgIpc) is 3.03. The Kier molecular flexibility index (Phi) is 6.43. The number of ether oxygens (including phenoxy) is 3. The maximum atomic E-state index is 11.9. The molecule has 0 aromatic heterocycles. The molecule has 33 heavy (non-hydrogen) atoms. The molecule has 0 bridgehead atoms. The summed E-state index contributed by atoms with van der Waals surface area (Å²) in [5, 5.41) is 0. The van der Waals surface area contributed by atoms with Crippen LogP contribution in [0.5, 0.6) is 0 Å². The van der Waals surface area contributed by atoms with Crippen molar-refractivity contribution < 1.29 is 28.6 Å². The fraction of sp³-hybridized carbons (Fsp3) is 0.815. The summed E-state index contributed by atoms with van der Waals surface area (Å²) in [5.41, 5.74) is 2.52. The molecule has 0 amide bonds. The lowest BCUT2D eigenvalue weighted by molar-refractivity contribution is -0.164. The molecule has 3 fully saturated rings. The molecule has 0 aromatic carbocycles. The fourth-order valence-corrected chi connectivity index (χ4v) is 8.48. The molecule has 6 heteroatoms. The summed E-state index contributed by atoms with van der Waals surface area (Å²) >= 11 is 0. The van der Waals surface area contributed by atoms with Gasteiger partial charge in [0.05, 0.1) is 0 Å². The Morgan fingerprint density at radius 1 is 0.939 bits per heavy atom. The molecular formula is C27H40O6. The highest BCUT2D eigenvalue weighted by atomic mass is 16.5. The maximum Gasteiger partial charge on any atom is 0.302 e. The summed E-state index contributed by atoms with van der Waals surface area (Å²) in [6, 6.07) is 0. The van der Waals surface area contributed by atoms with Crippen LogP contribution >= 0.6 is 0 Å². The number of hydrogen-bond donors (Lipinski definition) is 0. The van der Waals surface area contributed by atoms with Crippen LogP contribution in [-0.2, 0) is 28.6 Å². The third-order valence-corrected chi connectivity index (χ3v) is 9.71. The number of carbonyl (C=O) groups is 3. The normalized spacial score (nSPS) is 42.0. The zero-order chi connectivity index (χ0) is 24.1. The second-order valence-corrected chi connectivity index (χ2v) is 11.5. The molecular weight excluding hydrogens is 420 g/mol. The van der Waals surface area contributed by atoms with Crippen molar-refractivity contribution in [2.75, 3.05) is 6.61 Å². The predicted molar refractivity (Wildman–Crippen MR) is 123 cm³/mol. The van der Waals surface area contributed by atoms with Crippen LogP contribution in [-0.4, -0.2) is 36.7 Å². The fourth-order valence-electron chi connectivity index (χ4n) is 8.48. The van der Waals surface area contributed by atoms with E-state index in [1.807, 2.05) is 0 Å². The van der Waals surface area contributed by atoms with Crippen molar-refractivity contribution in [3.8, 4) is 0 Å². The van der Waals surface area contributed by atoms with Gasteiger partial charge in [-0.3, -0.25) is 14.4 Å². The number of allylic oxidation sites excluding steroid dienone is 1. The zero-order valence-corrected chi connectivity index (χ0v) is 21.1. The standard InChI is InChI=1S/C27H40O6/c1-15-11-21-22-7-8-25(33-19(5)30)26(22,6)10-9-23(21)27(14-31-17(3)28)16(2)12-20(13-24(15)27)32-18(4)29/h16,20-23,25H,7-14H2,1-6H3/t16-,20+,21+,22+,23+,25+,26+,27-/m1/s1. The summed E-state index contributed by atoms with van der Waals surface area (Å²) in [7, 11) is 0. The molecule has 8 atom stereocenters. The first-order valence-corrected chi connectivity index (χ1v) is 12.7. The van der Waals surface area contributed by atoms with Crippen molar-refractivity contribution in [2.45, 2.75) is 98.7 Å². The second-order valence-electron chi connectivity index (χ2n) is 11.5. The van der Waals surface area contributed by atoms with Crippen LogP contribution in [0.15, 0.2) is 11.1 Å². The minimum absolute atomic E-state index is 0.00538. The number of fused-ring (bicyclic) bond motifs is 5. The van der Waals surface area contributed by atoms with E-state index in [-0.39, 0.29) is 46.9 Å². The lowest BCUT2D eigenvalue weighted by Crippen LogP contribution is -2.57. The molecule has 0 radical (unpaired) electrons. The van der Waals surface area contributed by atoms with E-state index in [4.69, 9.17) is 14.2 Å². The summed E-state index contributed by atoms with van der Waals surface area (Å²) in [6.07, 6.45) is 6.49. The molecule has 6 nitrogen and oxygen atoms in total. The van der Waals surface area contributed by atoms with E-state index in [9.17, 15) is 14.4 Å². The highest BCUT2D eigenvalue weighted by Crippen LogP contribution is 2.67. The van der Waals surface area contributed by atoms with Crippen molar-refractivity contribution in [1.82, 2.24) is 0 Å². The third-order valence-electron chi connectivity index (χ3n) is 9.71. The number of rotatable bonds is 4. The molecule has 184 valence electrons. The van der Waals surface area contributed by atoms with E-state index in [2.05, 4.69) is 20.8 Å². The Morgan fingerprint density at radius 2 is 1.64 bits per heavy atom. The van der Waals surface area contributed by atoms with E-state index in [0.29, 0.717) is 24.4 Å². The van der Waals surface area contributed by atoms with Gasteiger partial charge in [-0.25, -0.2) is 0 Å². The second kappa shape index (κ2) is 8.74. The molecule has 4 rings (SSSR count). The van der Waals surface area contributed by atoms with Gasteiger partial charge in [-0.1, -0.05) is 25.0 Å². The van der Waals surface area contributed by atoms with Crippen LogP contribution in [0.3, 0.4) is 0 Å². The largest absolute Gasteiger partial charge is 0.465 e. The minimum atomic E-state index is -0.241. The van der Waals surface area contributed by atoms with Crippen molar-refractivity contribution in [3.05, 3.63) is 11.1 Å². The van der Waals surface area contributed by atoms with Gasteiger partial charge in [0.1, 0.15) is 18.8 Å². The van der Waals surface area contributed by atoms with Crippen molar-refractivity contribution in [3.63, 3.8) is 0 Å². The lowest BCUT2D eigenvalue weighted by atomic mass is 9.44. The van der Waals surface area contributed by atoms with Crippen molar-refractivity contribution in [2.24, 2.45) is 34.5 Å². The molecule has 0 saturated heterocycles. The Balaban J connectivity index is 1.72. The maximum absolute atomic E-state index is 11.9. The van der Waals surface area contributed by atoms with Crippen molar-refractivity contribution >= 4 is 17.9 Å². The van der Waals surface area contributed by atoms with Gasteiger partial charge in [0, 0.05) is 38.0 Å². The smallest absolute Gasteiger partial charge is 0.302 e. The average molecular weight is 461 g/mol. The molecule has 3 saturated carbocycles. The van der Waals surface area contributed by atoms with E-state index >= 15 is 0 Å². The van der Waals surface area contributed by atoms with E-state index in [0.717, 1.165) is 44.9 Å². The van der Waals surface area contributed by atoms with Gasteiger partial charge < -0.3 is 14.2 Å². The topological polar surface area (TPSA) is 78.9 Å². The lowest BCUT2D eigenvalue weighted by Gasteiger charge is -2.61. The first kappa shape index (κ1) is 24.3. The van der Waals surface area contributed by atoms with Gasteiger partial charge in [-0.2, -0.15) is 0 Å². The van der Waals surface area contributed by atoms with Crippen molar-refractivity contribution in [1.29, 1.82) is 0 Å². The van der Waals surface area contributed by atoms with Crippen LogP contribution in [0.25, 0.3) is 0 Å². The molecule has 0 aliphatic heterocycles. The molecule has 0 heterocycles. The number of esters is 3. The van der Waals surface area contributed by atoms with Gasteiger partial charge in [-0.05, 0) is 69.1 Å². The molecule has 4 aliphatic carbocycles. The Hall–Kier alpha value is -1.85. The highest BCUT2D eigenvalue weighted by molar-refractivity contribution is 5.67. The van der Waals surface area contributed by atoms with Crippen LogP contribution in [0.4, 0.5) is 0 Å². The molecule has 0 N–H and O–H groups in total. The van der Waals surface area contributed by atoms with Gasteiger partial charge >= 0.3 is 17.9 Å². The van der Waals surface area contributed by atoms with E-state index < -0.39 is 0 Å². The SMILES string of the molecule is CC(=O)OC[C@]12C(=C(C)C[C@H]3[C@@H]4CC[C@H](OC(C)=O)[C@@]4(C)CC[C@@H]31)C[C@@H](OC(C)=O)C[C@H]2C. The molecule has 0 unspecified atom stereocenters. The van der Waals surface area contributed by atoms with Crippen LogP contribution < -0.4 is 0 Å². The summed E-state index contributed by atoms with van der Waals surface area (Å²) in [4.78, 5) is 35.4. The molecule has 4 aliphatic rings. The van der Waals surface area contributed by atoms with Crippen LogP contribution in [0, 0.1) is 34.5 Å². The monoisotopic (exact) mass is 460 g/mol. The summed E-state index contributed by atoms with van der Waals surface area (Å²) in [6.45, 7) is 11.7. The first-order valence-electron chi connectivity index (χ1n) is 12.7. The van der Waals surface area contributed by atoms with E-state index in [1.54, 1.807) is 0 Å². The Bertz CT molecular complexity index is 861. The zero-order valence-electron chi connectivity index (χ0n) is 21.1. The van der Waals surface area contributed by atoms with Crippen LogP contribution in [0.2, 0.25) is 0 Å². The van der Waals surface area contributed by atoms with Gasteiger partial charge in [0.2, 0.25) is 0 Å². The third kappa shape index (κ3) is 4.01. The minimum Gasteiger partial charge on any atom is -0.465 e. The first-order chi connectivity index (χ1) is 15.5. The number of carbonyl (C=O) groups excluding carboxylic acids is 3. The predicted octanol–water partition coefficient (Wildman–Crippen LogP) is 4.99. The molecule has 0 spiro atoms. The van der Waals surface area contributed by atoms with Gasteiger partial charge in [0.25, 0.3) is 0 Å². The van der Waals surface area contributed by atoms with Gasteiger partial charge in [-0.15, -0.1) is 0 Å². The quantitative estimate of drug-likeness (QED) is 0.334. The number of hydrogen-bond acceptors (Lipinski definition) is 6. The highest BCUT2D eigenvalue weighted by Gasteiger charge is 2.63.